The molecule has 0 radical (unpaired) electrons. The summed E-state index contributed by atoms with van der Waals surface area (Å²) in [7, 11) is 0. The molecular weight excluding hydrogens is 220 g/mol. The second-order valence-electron chi connectivity index (χ2n) is 4.33. The molecule has 0 bridgehead atoms. The summed E-state index contributed by atoms with van der Waals surface area (Å²) in [4.78, 5) is 3.27. The highest BCUT2D eigenvalue weighted by Gasteiger charge is 2.12. The zero-order chi connectivity index (χ0) is 12.5. The van der Waals surface area contributed by atoms with Crippen molar-refractivity contribution in [1.82, 2.24) is 4.98 Å². The van der Waals surface area contributed by atoms with Crippen LogP contribution >= 0.6 is 0 Å². The number of aromatic nitrogens is 1. The standard InChI is InChI=1S/C16H12N2/c1-11-14(10-17)16-13(8-5-9-15(16)18-11)12-6-3-2-4-7-12/h2-9,18H,1H3. The number of benzene rings is 2. The lowest BCUT2D eigenvalue weighted by atomic mass is 9.99. The van der Waals surface area contributed by atoms with Crippen LogP contribution in [0.25, 0.3) is 22.0 Å². The summed E-state index contributed by atoms with van der Waals surface area (Å²) in [5, 5.41) is 10.3. The zero-order valence-electron chi connectivity index (χ0n) is 10.1. The van der Waals surface area contributed by atoms with E-state index in [-0.39, 0.29) is 0 Å². The molecule has 1 N–H and O–H groups in total. The van der Waals surface area contributed by atoms with Gasteiger partial charge in [0.15, 0.2) is 0 Å². The van der Waals surface area contributed by atoms with Crippen LogP contribution < -0.4 is 0 Å². The maximum atomic E-state index is 9.31. The Morgan fingerprint density at radius 2 is 1.78 bits per heavy atom. The van der Waals surface area contributed by atoms with E-state index >= 15 is 0 Å². The Labute approximate surface area is 106 Å². The first-order valence-corrected chi connectivity index (χ1v) is 5.88. The average molecular weight is 232 g/mol. The van der Waals surface area contributed by atoms with E-state index in [2.05, 4.69) is 29.3 Å². The van der Waals surface area contributed by atoms with Crippen LogP contribution in [0.15, 0.2) is 48.5 Å². The van der Waals surface area contributed by atoms with E-state index in [1.807, 2.05) is 37.3 Å². The molecule has 0 aliphatic rings. The molecule has 0 atom stereocenters. The Morgan fingerprint density at radius 3 is 2.50 bits per heavy atom. The highest BCUT2D eigenvalue weighted by Crippen LogP contribution is 2.32. The van der Waals surface area contributed by atoms with Crippen LogP contribution in [-0.2, 0) is 0 Å². The molecular formula is C16H12N2. The topological polar surface area (TPSA) is 39.6 Å². The first kappa shape index (κ1) is 10.6. The highest BCUT2D eigenvalue weighted by atomic mass is 14.7. The number of nitriles is 1. The lowest BCUT2D eigenvalue weighted by Crippen LogP contribution is -1.81. The van der Waals surface area contributed by atoms with Gasteiger partial charge in [-0.25, -0.2) is 0 Å². The number of nitrogens with zero attached hydrogens (tertiary/aromatic N) is 1. The monoisotopic (exact) mass is 232 g/mol. The van der Waals surface area contributed by atoms with Crippen LogP contribution in [0.4, 0.5) is 0 Å². The quantitative estimate of drug-likeness (QED) is 0.676. The third-order valence-electron chi connectivity index (χ3n) is 3.21. The first-order chi connectivity index (χ1) is 8.81. The van der Waals surface area contributed by atoms with E-state index in [9.17, 15) is 5.26 Å². The molecule has 86 valence electrons. The summed E-state index contributed by atoms with van der Waals surface area (Å²) in [6.45, 7) is 1.94. The van der Waals surface area contributed by atoms with Gasteiger partial charge in [0.1, 0.15) is 6.07 Å². The summed E-state index contributed by atoms with van der Waals surface area (Å²) < 4.78 is 0. The molecule has 0 aliphatic carbocycles. The molecule has 2 nitrogen and oxygen atoms in total. The molecule has 3 aromatic rings. The Hall–Kier alpha value is -2.53. The number of rotatable bonds is 1. The van der Waals surface area contributed by atoms with Crippen molar-refractivity contribution in [3.63, 3.8) is 0 Å². The lowest BCUT2D eigenvalue weighted by Gasteiger charge is -2.03. The molecule has 0 spiro atoms. The van der Waals surface area contributed by atoms with Gasteiger partial charge in [0.25, 0.3) is 0 Å². The third-order valence-corrected chi connectivity index (χ3v) is 3.21. The van der Waals surface area contributed by atoms with Gasteiger partial charge in [-0.3, -0.25) is 0 Å². The predicted octanol–water partition coefficient (Wildman–Crippen LogP) is 4.02. The summed E-state index contributed by atoms with van der Waals surface area (Å²) >= 11 is 0. The number of fused-ring (bicyclic) bond motifs is 1. The second-order valence-corrected chi connectivity index (χ2v) is 4.33. The predicted molar refractivity (Wildman–Crippen MR) is 73.2 cm³/mol. The van der Waals surface area contributed by atoms with E-state index in [0.717, 1.165) is 33.3 Å². The van der Waals surface area contributed by atoms with Gasteiger partial charge in [0, 0.05) is 16.6 Å². The van der Waals surface area contributed by atoms with Crippen molar-refractivity contribution in [3.05, 3.63) is 59.8 Å². The minimum atomic E-state index is 0.740. The van der Waals surface area contributed by atoms with Crippen LogP contribution in [0.2, 0.25) is 0 Å². The van der Waals surface area contributed by atoms with Crippen molar-refractivity contribution in [2.75, 3.05) is 0 Å². The molecule has 0 unspecified atom stereocenters. The number of aryl methyl sites for hydroxylation is 1. The average Bonchev–Trinajstić information content (AvgIpc) is 2.74. The zero-order valence-corrected chi connectivity index (χ0v) is 10.1. The maximum absolute atomic E-state index is 9.31. The summed E-state index contributed by atoms with van der Waals surface area (Å²) in [6.07, 6.45) is 0. The minimum absolute atomic E-state index is 0.740. The normalized spacial score (nSPS) is 10.4. The molecule has 1 heterocycles. The molecule has 2 aromatic carbocycles. The van der Waals surface area contributed by atoms with Gasteiger partial charge in [0.2, 0.25) is 0 Å². The Balaban J connectivity index is 2.41. The number of hydrogen-bond acceptors (Lipinski definition) is 1. The molecule has 0 saturated heterocycles. The van der Waals surface area contributed by atoms with Crippen LogP contribution in [0, 0.1) is 18.3 Å². The molecule has 1 aromatic heterocycles. The molecule has 0 fully saturated rings. The summed E-state index contributed by atoms with van der Waals surface area (Å²) in [6, 6.07) is 18.5. The number of aromatic amines is 1. The SMILES string of the molecule is Cc1[nH]c2cccc(-c3ccccc3)c2c1C#N. The minimum Gasteiger partial charge on any atom is -0.357 e. The fourth-order valence-electron chi connectivity index (χ4n) is 2.38. The van der Waals surface area contributed by atoms with Crippen molar-refractivity contribution in [2.45, 2.75) is 6.92 Å². The van der Waals surface area contributed by atoms with E-state index in [0.29, 0.717) is 0 Å². The first-order valence-electron chi connectivity index (χ1n) is 5.88. The van der Waals surface area contributed by atoms with Crippen molar-refractivity contribution >= 4 is 10.9 Å². The lowest BCUT2D eigenvalue weighted by molar-refractivity contribution is 1.28. The van der Waals surface area contributed by atoms with E-state index < -0.39 is 0 Å². The number of hydrogen-bond donors (Lipinski definition) is 1. The molecule has 18 heavy (non-hydrogen) atoms. The Bertz CT molecular complexity index is 746. The number of nitrogens with one attached hydrogen (secondary N) is 1. The molecule has 3 rings (SSSR count). The smallest absolute Gasteiger partial charge is 0.102 e. The van der Waals surface area contributed by atoms with E-state index in [1.165, 1.54) is 0 Å². The van der Waals surface area contributed by atoms with Crippen molar-refractivity contribution in [2.24, 2.45) is 0 Å². The van der Waals surface area contributed by atoms with Gasteiger partial charge in [0.05, 0.1) is 5.56 Å². The molecule has 0 aliphatic heterocycles. The Morgan fingerprint density at radius 1 is 1.00 bits per heavy atom. The van der Waals surface area contributed by atoms with Gasteiger partial charge in [-0.15, -0.1) is 0 Å². The van der Waals surface area contributed by atoms with Crippen molar-refractivity contribution < 1.29 is 0 Å². The number of H-pyrrole nitrogens is 1. The van der Waals surface area contributed by atoms with Crippen LogP contribution in [-0.4, -0.2) is 4.98 Å². The second kappa shape index (κ2) is 4.05. The van der Waals surface area contributed by atoms with Crippen LogP contribution in [0.1, 0.15) is 11.3 Å². The van der Waals surface area contributed by atoms with Gasteiger partial charge in [-0.05, 0) is 24.1 Å². The van der Waals surface area contributed by atoms with Gasteiger partial charge >= 0.3 is 0 Å². The fourth-order valence-corrected chi connectivity index (χ4v) is 2.38. The van der Waals surface area contributed by atoms with Crippen LogP contribution in [0.5, 0.6) is 0 Å². The van der Waals surface area contributed by atoms with Crippen LogP contribution in [0.3, 0.4) is 0 Å². The highest BCUT2D eigenvalue weighted by molar-refractivity contribution is 6.00. The van der Waals surface area contributed by atoms with Gasteiger partial charge < -0.3 is 4.98 Å². The van der Waals surface area contributed by atoms with E-state index in [1.54, 1.807) is 0 Å². The summed E-state index contributed by atoms with van der Waals surface area (Å²) in [5.74, 6) is 0. The molecule has 2 heteroatoms. The van der Waals surface area contributed by atoms with Gasteiger partial charge in [-0.2, -0.15) is 5.26 Å². The van der Waals surface area contributed by atoms with Gasteiger partial charge in [-0.1, -0.05) is 42.5 Å². The van der Waals surface area contributed by atoms with Crippen molar-refractivity contribution in [3.8, 4) is 17.2 Å². The third kappa shape index (κ3) is 1.49. The van der Waals surface area contributed by atoms with E-state index in [4.69, 9.17) is 0 Å². The largest absolute Gasteiger partial charge is 0.357 e. The molecule has 0 amide bonds. The Kier molecular flexibility index (Phi) is 2.39. The summed E-state index contributed by atoms with van der Waals surface area (Å²) in [5.41, 5.74) is 4.93. The molecule has 0 saturated carbocycles. The fraction of sp³-hybridized carbons (Fsp3) is 0.0625. The van der Waals surface area contributed by atoms with Crippen molar-refractivity contribution in [1.29, 1.82) is 5.26 Å². The maximum Gasteiger partial charge on any atom is 0.102 e.